The molecule has 1 saturated heterocycles. The molecule has 0 spiro atoms. The molecule has 1 aromatic rings. The molecule has 0 amide bonds. The van der Waals surface area contributed by atoms with Crippen molar-refractivity contribution in [2.45, 2.75) is 26.3 Å². The predicted molar refractivity (Wildman–Crippen MR) is 106 cm³/mol. The maximum absolute atomic E-state index is 5.73. The van der Waals surface area contributed by atoms with Crippen molar-refractivity contribution in [2.75, 3.05) is 58.5 Å². The summed E-state index contributed by atoms with van der Waals surface area (Å²) < 4.78 is 11.1. The molecule has 1 aromatic heterocycles. The highest BCUT2D eigenvalue weighted by atomic mass is 16.5. The van der Waals surface area contributed by atoms with Crippen molar-refractivity contribution in [3.63, 3.8) is 0 Å². The second-order valence-corrected chi connectivity index (χ2v) is 6.70. The fraction of sp³-hybridized carbons (Fsp3) is 0.684. The van der Waals surface area contributed by atoms with Crippen LogP contribution in [0, 0.1) is 5.92 Å². The largest absolute Gasteiger partial charge is 0.381 e. The van der Waals surface area contributed by atoms with Gasteiger partial charge in [-0.3, -0.25) is 0 Å². The van der Waals surface area contributed by atoms with Crippen molar-refractivity contribution >= 4 is 11.8 Å². The van der Waals surface area contributed by atoms with Crippen molar-refractivity contribution < 1.29 is 9.47 Å². The number of anilines is 1. The molecule has 26 heavy (non-hydrogen) atoms. The van der Waals surface area contributed by atoms with Crippen LogP contribution in [0.3, 0.4) is 0 Å². The molecule has 1 aliphatic heterocycles. The Labute approximate surface area is 157 Å². The quantitative estimate of drug-likeness (QED) is 0.374. The van der Waals surface area contributed by atoms with Gasteiger partial charge in [-0.2, -0.15) is 0 Å². The van der Waals surface area contributed by atoms with E-state index in [1.165, 1.54) is 0 Å². The molecule has 2 rings (SSSR count). The molecule has 2 N–H and O–H groups in total. The van der Waals surface area contributed by atoms with Crippen LogP contribution in [-0.4, -0.2) is 64.6 Å². The molecular weight excluding hydrogens is 330 g/mol. The molecule has 0 aliphatic carbocycles. The van der Waals surface area contributed by atoms with E-state index in [0.717, 1.165) is 69.7 Å². The second-order valence-electron chi connectivity index (χ2n) is 6.70. The van der Waals surface area contributed by atoms with E-state index in [0.29, 0.717) is 12.5 Å². The number of aromatic nitrogens is 1. The topological polar surface area (TPSA) is 71.0 Å². The van der Waals surface area contributed by atoms with Gasteiger partial charge in [-0.05, 0) is 37.5 Å². The van der Waals surface area contributed by atoms with Crippen molar-refractivity contribution in [2.24, 2.45) is 10.9 Å². The molecule has 0 radical (unpaired) electrons. The second kappa shape index (κ2) is 11.7. The lowest BCUT2D eigenvalue weighted by atomic mass is 10.1. The highest BCUT2D eigenvalue weighted by Crippen LogP contribution is 2.12. The Morgan fingerprint density at radius 2 is 2.31 bits per heavy atom. The summed E-state index contributed by atoms with van der Waals surface area (Å²) in [7, 11) is 3.98. The van der Waals surface area contributed by atoms with Crippen LogP contribution in [0.15, 0.2) is 23.3 Å². The maximum Gasteiger partial charge on any atom is 0.191 e. The van der Waals surface area contributed by atoms with Gasteiger partial charge in [-0.25, -0.2) is 9.98 Å². The van der Waals surface area contributed by atoms with Crippen LogP contribution in [0.4, 0.5) is 5.82 Å². The molecule has 7 heteroatoms. The number of ether oxygens (including phenoxy) is 2. The first-order chi connectivity index (χ1) is 12.7. The minimum absolute atomic E-state index is 0.578. The zero-order valence-corrected chi connectivity index (χ0v) is 16.3. The Balaban J connectivity index is 1.69. The van der Waals surface area contributed by atoms with Crippen LogP contribution in [-0.2, 0) is 16.0 Å². The lowest BCUT2D eigenvalue weighted by molar-refractivity contribution is 0.0888. The molecule has 7 nitrogen and oxygen atoms in total. The molecule has 1 fully saturated rings. The average molecular weight is 364 g/mol. The van der Waals surface area contributed by atoms with E-state index in [1.54, 1.807) is 0 Å². The summed E-state index contributed by atoms with van der Waals surface area (Å²) in [5.41, 5.74) is 1.14. The Kier molecular flexibility index (Phi) is 9.20. The molecule has 0 bridgehead atoms. The number of pyridine rings is 1. The third-order valence-electron chi connectivity index (χ3n) is 4.17. The van der Waals surface area contributed by atoms with Crippen molar-refractivity contribution in [1.29, 1.82) is 0 Å². The smallest absolute Gasteiger partial charge is 0.191 e. The summed E-state index contributed by atoms with van der Waals surface area (Å²) in [4.78, 5) is 11.0. The van der Waals surface area contributed by atoms with E-state index in [-0.39, 0.29) is 0 Å². The van der Waals surface area contributed by atoms with Gasteiger partial charge in [0.25, 0.3) is 0 Å². The lowest BCUT2D eigenvalue weighted by Crippen LogP contribution is -2.38. The molecule has 1 unspecified atom stereocenters. The Morgan fingerprint density at radius 3 is 3.04 bits per heavy atom. The van der Waals surface area contributed by atoms with E-state index in [2.05, 4.69) is 33.6 Å². The van der Waals surface area contributed by atoms with Crippen LogP contribution < -0.4 is 15.5 Å². The number of hydrogen-bond acceptors (Lipinski definition) is 5. The minimum atomic E-state index is 0.578. The van der Waals surface area contributed by atoms with Crippen LogP contribution >= 0.6 is 0 Å². The van der Waals surface area contributed by atoms with Gasteiger partial charge in [0, 0.05) is 52.5 Å². The molecule has 1 atom stereocenters. The highest BCUT2D eigenvalue weighted by Gasteiger charge is 2.15. The zero-order chi connectivity index (χ0) is 18.6. The van der Waals surface area contributed by atoms with E-state index < -0.39 is 0 Å². The van der Waals surface area contributed by atoms with Gasteiger partial charge in [0.05, 0.1) is 19.8 Å². The van der Waals surface area contributed by atoms with Crippen LogP contribution in [0.2, 0.25) is 0 Å². The highest BCUT2D eigenvalue weighted by molar-refractivity contribution is 5.79. The molecule has 1 aliphatic rings. The van der Waals surface area contributed by atoms with Crippen molar-refractivity contribution in [3.05, 3.63) is 23.9 Å². The lowest BCUT2D eigenvalue weighted by Gasteiger charge is -2.13. The van der Waals surface area contributed by atoms with E-state index in [4.69, 9.17) is 9.47 Å². The minimum Gasteiger partial charge on any atom is -0.381 e. The Hall–Kier alpha value is -1.86. The number of hydrogen-bond donors (Lipinski definition) is 2. The summed E-state index contributed by atoms with van der Waals surface area (Å²) in [6.07, 6.45) is 3.91. The Morgan fingerprint density at radius 1 is 1.42 bits per heavy atom. The van der Waals surface area contributed by atoms with E-state index in [9.17, 15) is 0 Å². The number of guanidine groups is 1. The molecule has 146 valence electrons. The number of rotatable bonds is 10. The summed E-state index contributed by atoms with van der Waals surface area (Å²) in [6, 6.07) is 4.06. The molecule has 2 heterocycles. The maximum atomic E-state index is 5.73. The third-order valence-corrected chi connectivity index (χ3v) is 4.17. The van der Waals surface area contributed by atoms with Gasteiger partial charge < -0.3 is 25.0 Å². The summed E-state index contributed by atoms with van der Waals surface area (Å²) in [6.45, 7) is 7.67. The van der Waals surface area contributed by atoms with Gasteiger partial charge in [0.2, 0.25) is 0 Å². The Bertz CT molecular complexity index is 544. The molecule has 0 saturated carbocycles. The first kappa shape index (κ1) is 20.5. The van der Waals surface area contributed by atoms with Gasteiger partial charge in [0.15, 0.2) is 5.96 Å². The monoisotopic (exact) mass is 363 g/mol. The predicted octanol–water partition coefficient (Wildman–Crippen LogP) is 1.65. The first-order valence-corrected chi connectivity index (χ1v) is 9.49. The normalized spacial score (nSPS) is 17.3. The van der Waals surface area contributed by atoms with Crippen molar-refractivity contribution in [3.8, 4) is 0 Å². The SMILES string of the molecule is CCNC(=NCc1ccnc(N(C)C)c1)NCCCOCC1CCOC1. The third kappa shape index (κ3) is 7.58. The van der Waals surface area contributed by atoms with Gasteiger partial charge in [-0.15, -0.1) is 0 Å². The van der Waals surface area contributed by atoms with Crippen LogP contribution in [0.25, 0.3) is 0 Å². The summed E-state index contributed by atoms with van der Waals surface area (Å²) >= 11 is 0. The van der Waals surface area contributed by atoms with E-state index >= 15 is 0 Å². The molecule has 0 aromatic carbocycles. The van der Waals surface area contributed by atoms with Crippen LogP contribution in [0.5, 0.6) is 0 Å². The van der Waals surface area contributed by atoms with Gasteiger partial charge >= 0.3 is 0 Å². The fourth-order valence-corrected chi connectivity index (χ4v) is 2.66. The average Bonchev–Trinajstić information content (AvgIpc) is 3.16. The standard InChI is InChI=1S/C19H33N5O2/c1-4-20-19(22-8-5-10-25-14-17-7-11-26-15-17)23-13-16-6-9-21-18(12-16)24(2)3/h6,9,12,17H,4-5,7-8,10-11,13-15H2,1-3H3,(H2,20,22,23). The summed E-state index contributed by atoms with van der Waals surface area (Å²) in [5.74, 6) is 2.36. The number of nitrogens with zero attached hydrogens (tertiary/aromatic N) is 3. The van der Waals surface area contributed by atoms with E-state index in [1.807, 2.05) is 31.3 Å². The van der Waals surface area contributed by atoms with Gasteiger partial charge in [0.1, 0.15) is 5.82 Å². The van der Waals surface area contributed by atoms with Crippen molar-refractivity contribution in [1.82, 2.24) is 15.6 Å². The number of aliphatic imine (C=N–C) groups is 1. The summed E-state index contributed by atoms with van der Waals surface area (Å²) in [5, 5.41) is 6.65. The first-order valence-electron chi connectivity index (χ1n) is 9.49. The van der Waals surface area contributed by atoms with Gasteiger partial charge in [-0.1, -0.05) is 0 Å². The number of nitrogens with one attached hydrogen (secondary N) is 2. The zero-order valence-electron chi connectivity index (χ0n) is 16.3. The molecular formula is C19H33N5O2. The fourth-order valence-electron chi connectivity index (χ4n) is 2.66. The van der Waals surface area contributed by atoms with Crippen LogP contribution in [0.1, 0.15) is 25.3 Å².